The molecule has 0 rings (SSSR count). The first kappa shape index (κ1) is 109. The normalized spacial score (nSPS) is 13.4. The molecule has 0 aliphatic rings. The third-order valence-corrected chi connectivity index (χ3v) is 23.5. The lowest BCUT2D eigenvalue weighted by Gasteiger charge is -2.20. The van der Waals surface area contributed by atoms with Gasteiger partial charge in [-0.3, -0.25) is 46.9 Å². The van der Waals surface area contributed by atoms with E-state index in [2.05, 4.69) is 86.9 Å². The molecule has 20 nitrogen and oxygen atoms in total. The molecule has 0 spiro atoms. The zero-order chi connectivity index (χ0) is 81.8. The molecular weight excluding hydrogens is 1500 g/mol. The Morgan fingerprint density at radius 2 is 0.518 bits per heavy atom. The Balaban J connectivity index is 4.90. The highest BCUT2D eigenvalue weighted by molar-refractivity contribution is 8.76. The minimum atomic E-state index is -4.69. The lowest BCUT2D eigenvalue weighted by atomic mass is 10.1. The monoisotopic (exact) mass is 1660 g/mol. The van der Waals surface area contributed by atoms with Gasteiger partial charge in [-0.05, 0) is 128 Å². The second-order valence-corrected chi connectivity index (χ2v) is 35.6. The maximum absolute atomic E-state index is 13.0. The molecule has 654 valence electrons. The van der Waals surface area contributed by atoms with Crippen molar-refractivity contribution in [2.75, 3.05) is 64.2 Å². The molecule has 0 bridgehead atoms. The van der Waals surface area contributed by atoms with E-state index in [9.17, 15) is 47.7 Å². The smallest absolute Gasteiger partial charge is 0.462 e. The number of allylic oxidation sites excluding steroid dienone is 8. The maximum atomic E-state index is 13.0. The minimum Gasteiger partial charge on any atom is -0.462 e. The standard InChI is InChI=1S/C88H162N2O18P2S2/c1-5-9-13-17-21-25-29-33-37-41-45-49-53-57-61-65-85(93)101-77-81(107-87(95)67-63-59-55-51-47-43-39-35-31-27-23-19-15-11-7-3)79-105-109(97,98)103-73-71-89-83(91)69-75-111-112-76-70-84(92)90-72-74-104-110(99,100)106-80-82(108-88(96)68-64-60-56-52-48-44-40-36-32-28-24-20-16-12-8-4)78-102-86(94)66-62-58-54-50-46-42-38-34-30-26-22-18-14-10-6-2/h33-40,81-82H,5-32,41-80H2,1-4H3,(H,89,91)(H,90,92)(H,97,98)(H,99,100)/b37-33-,38-34-,39-35-,40-36-/t81-,82-/m1/s1. The number of carbonyl (C=O) groups excluding carboxylic acids is 6. The van der Waals surface area contributed by atoms with Crippen molar-refractivity contribution in [3.63, 3.8) is 0 Å². The van der Waals surface area contributed by atoms with Gasteiger partial charge in [0.2, 0.25) is 11.8 Å². The largest absolute Gasteiger partial charge is 0.472 e. The zero-order valence-corrected chi connectivity index (χ0v) is 74.4. The Bertz CT molecular complexity index is 2280. The van der Waals surface area contributed by atoms with Crippen LogP contribution in [0, 0.1) is 0 Å². The molecule has 0 aromatic rings. The van der Waals surface area contributed by atoms with E-state index in [0.717, 1.165) is 154 Å². The summed E-state index contributed by atoms with van der Waals surface area (Å²) in [5.41, 5.74) is 0. The van der Waals surface area contributed by atoms with Crippen molar-refractivity contribution in [2.45, 2.75) is 412 Å². The summed E-state index contributed by atoms with van der Waals surface area (Å²) < 4.78 is 68.7. The second kappa shape index (κ2) is 84.2. The molecule has 0 heterocycles. The Morgan fingerprint density at radius 1 is 0.295 bits per heavy atom. The Kier molecular flexibility index (Phi) is 81.7. The molecule has 24 heteroatoms. The average Bonchev–Trinajstić information content (AvgIpc) is 0.912. The molecule has 0 aromatic heterocycles. The highest BCUT2D eigenvalue weighted by Crippen LogP contribution is 2.44. The van der Waals surface area contributed by atoms with Gasteiger partial charge in [0.05, 0.1) is 26.4 Å². The van der Waals surface area contributed by atoms with E-state index in [1.54, 1.807) is 0 Å². The van der Waals surface area contributed by atoms with E-state index in [-0.39, 0.29) is 89.9 Å². The van der Waals surface area contributed by atoms with Crippen LogP contribution in [0.4, 0.5) is 0 Å². The summed E-state index contributed by atoms with van der Waals surface area (Å²) in [7, 11) is -6.63. The highest BCUT2D eigenvalue weighted by Gasteiger charge is 2.28. The van der Waals surface area contributed by atoms with Crippen molar-refractivity contribution < 1.29 is 84.7 Å². The Morgan fingerprint density at radius 3 is 0.768 bits per heavy atom. The van der Waals surface area contributed by atoms with Gasteiger partial charge in [0.1, 0.15) is 13.2 Å². The number of rotatable bonds is 87. The number of esters is 4. The number of amides is 2. The third-order valence-electron chi connectivity index (χ3n) is 19.1. The van der Waals surface area contributed by atoms with Crippen molar-refractivity contribution in [2.24, 2.45) is 0 Å². The molecule has 0 aliphatic carbocycles. The Labute approximate surface area is 689 Å². The fourth-order valence-electron chi connectivity index (χ4n) is 12.3. The summed E-state index contributed by atoms with van der Waals surface area (Å²) in [6.45, 7) is 6.21. The van der Waals surface area contributed by atoms with E-state index >= 15 is 0 Å². The van der Waals surface area contributed by atoms with Crippen LogP contribution in [0.2, 0.25) is 0 Å². The van der Waals surface area contributed by atoms with Crippen LogP contribution in [0.25, 0.3) is 0 Å². The van der Waals surface area contributed by atoms with Gasteiger partial charge in [-0.15, -0.1) is 0 Å². The second-order valence-electron chi connectivity index (χ2n) is 30.0. The lowest BCUT2D eigenvalue weighted by molar-refractivity contribution is -0.161. The fraction of sp³-hybridized carbons (Fsp3) is 0.841. The molecule has 0 aromatic carbocycles. The molecule has 0 radical (unpaired) electrons. The van der Waals surface area contributed by atoms with Gasteiger partial charge in [0.25, 0.3) is 0 Å². The summed E-state index contributed by atoms with van der Waals surface area (Å²) in [4.78, 5) is 97.7. The molecule has 2 unspecified atom stereocenters. The van der Waals surface area contributed by atoms with Crippen molar-refractivity contribution in [1.29, 1.82) is 0 Å². The first-order valence-corrected chi connectivity index (χ1v) is 50.4. The first-order chi connectivity index (χ1) is 54.6. The molecule has 4 N–H and O–H groups in total. The van der Waals surface area contributed by atoms with Gasteiger partial charge in [-0.1, -0.05) is 303 Å². The van der Waals surface area contributed by atoms with Crippen molar-refractivity contribution in [3.05, 3.63) is 48.6 Å². The van der Waals surface area contributed by atoms with E-state index in [1.807, 2.05) is 0 Å². The van der Waals surface area contributed by atoms with Crippen LogP contribution in [-0.4, -0.2) is 122 Å². The SMILES string of the molecule is CCCCCCCC/C=C\CCCCCCCC(=O)OC[C@H](COP(=O)(O)OCCNC(=O)CCSSCCC(=O)NCCOP(=O)(O)OC[C@@H](COC(=O)CCCCCCC/C=C\CCCCCCCC)OC(=O)CCCCCCC/C=C\CCCCCCCC)OC(=O)CCCCCCC/C=C\CCCCCCCC. The topological polar surface area (TPSA) is 275 Å². The molecule has 2 amide bonds. The van der Waals surface area contributed by atoms with Crippen LogP contribution in [0.1, 0.15) is 400 Å². The third kappa shape index (κ3) is 83.2. The number of phosphoric ester groups is 2. The van der Waals surface area contributed by atoms with Crippen molar-refractivity contribution >= 4 is 72.9 Å². The van der Waals surface area contributed by atoms with E-state index < -0.39 is 64.9 Å². The van der Waals surface area contributed by atoms with Crippen molar-refractivity contribution in [1.82, 2.24) is 10.6 Å². The van der Waals surface area contributed by atoms with Gasteiger partial charge in [-0.2, -0.15) is 0 Å². The van der Waals surface area contributed by atoms with Gasteiger partial charge < -0.3 is 39.4 Å². The predicted octanol–water partition coefficient (Wildman–Crippen LogP) is 24.7. The highest BCUT2D eigenvalue weighted by atomic mass is 33.1. The number of nitrogens with one attached hydrogen (secondary N) is 2. The predicted molar refractivity (Wildman–Crippen MR) is 463 cm³/mol. The number of hydrogen-bond donors (Lipinski definition) is 4. The van der Waals surface area contributed by atoms with Crippen LogP contribution in [0.5, 0.6) is 0 Å². The first-order valence-electron chi connectivity index (χ1n) is 44.9. The molecule has 0 fully saturated rings. The molecule has 0 saturated carbocycles. The van der Waals surface area contributed by atoms with Crippen LogP contribution in [-0.2, 0) is 74.9 Å². The van der Waals surface area contributed by atoms with Gasteiger partial charge in [-0.25, -0.2) is 9.13 Å². The number of hydrogen-bond acceptors (Lipinski definition) is 18. The summed E-state index contributed by atoms with van der Waals surface area (Å²) in [5, 5.41) is 5.27. The summed E-state index contributed by atoms with van der Waals surface area (Å²) >= 11 is 0. The van der Waals surface area contributed by atoms with E-state index in [4.69, 9.17) is 37.0 Å². The van der Waals surface area contributed by atoms with Gasteiger partial charge >= 0.3 is 39.5 Å². The number of unbranched alkanes of at least 4 members (excludes halogenated alkanes) is 44. The van der Waals surface area contributed by atoms with E-state index in [1.165, 1.54) is 176 Å². The minimum absolute atomic E-state index is 0.0986. The summed E-state index contributed by atoms with van der Waals surface area (Å²) in [6, 6.07) is 0. The van der Waals surface area contributed by atoms with Crippen molar-refractivity contribution in [3.8, 4) is 0 Å². The van der Waals surface area contributed by atoms with Gasteiger partial charge in [0.15, 0.2) is 12.2 Å². The van der Waals surface area contributed by atoms with Crippen LogP contribution < -0.4 is 10.6 Å². The quantitative estimate of drug-likeness (QED) is 0.0110. The van der Waals surface area contributed by atoms with Gasteiger partial charge in [0, 0.05) is 63.1 Å². The van der Waals surface area contributed by atoms with Crippen LogP contribution >= 0.6 is 37.2 Å². The number of carbonyl (C=O) groups is 6. The molecular formula is C88H162N2O18P2S2. The average molecular weight is 1660 g/mol. The number of phosphoric acid groups is 2. The lowest BCUT2D eigenvalue weighted by Crippen LogP contribution is -2.30. The fourth-order valence-corrected chi connectivity index (χ4v) is 15.8. The molecule has 112 heavy (non-hydrogen) atoms. The Hall–Kier alpha value is -3.30. The van der Waals surface area contributed by atoms with Crippen LogP contribution in [0.15, 0.2) is 48.6 Å². The molecule has 0 saturated heterocycles. The summed E-state index contributed by atoms with van der Waals surface area (Å²) in [6.07, 6.45) is 75.5. The van der Waals surface area contributed by atoms with Crippen LogP contribution in [0.3, 0.4) is 0 Å². The number of ether oxygens (including phenoxy) is 4. The molecule has 4 atom stereocenters. The zero-order valence-electron chi connectivity index (χ0n) is 71.0. The molecule has 0 aliphatic heterocycles. The maximum Gasteiger partial charge on any atom is 0.472 e. The summed E-state index contributed by atoms with van der Waals surface area (Å²) in [5.74, 6) is -1.83. The van der Waals surface area contributed by atoms with E-state index in [0.29, 0.717) is 37.2 Å².